The standard InChI is InChI=1S/C10H10BrClO2/c11-8-5-7(1-2-12)6-9-10(8)14-4-3-13-9/h5-6H,1-4H2. The van der Waals surface area contributed by atoms with E-state index in [0.717, 1.165) is 28.0 Å². The molecular formula is C10H10BrClO2. The minimum absolute atomic E-state index is 0.612. The number of halogens is 2. The van der Waals surface area contributed by atoms with Gasteiger partial charge in [-0.25, -0.2) is 0 Å². The monoisotopic (exact) mass is 276 g/mol. The summed E-state index contributed by atoms with van der Waals surface area (Å²) < 4.78 is 11.9. The first-order chi connectivity index (χ1) is 6.81. The predicted molar refractivity (Wildman–Crippen MR) is 59.6 cm³/mol. The molecule has 0 aromatic heterocycles. The molecule has 0 atom stereocenters. The minimum atomic E-state index is 0.612. The van der Waals surface area contributed by atoms with E-state index in [2.05, 4.69) is 15.9 Å². The van der Waals surface area contributed by atoms with Gasteiger partial charge in [0.2, 0.25) is 0 Å². The van der Waals surface area contributed by atoms with Gasteiger partial charge in [0.05, 0.1) is 4.47 Å². The molecule has 0 bridgehead atoms. The Kier molecular flexibility index (Phi) is 3.19. The molecule has 0 amide bonds. The molecule has 76 valence electrons. The highest BCUT2D eigenvalue weighted by Gasteiger charge is 2.15. The molecular weight excluding hydrogens is 267 g/mol. The van der Waals surface area contributed by atoms with Gasteiger partial charge in [0.25, 0.3) is 0 Å². The molecule has 0 saturated carbocycles. The number of fused-ring (bicyclic) bond motifs is 1. The molecule has 0 unspecified atom stereocenters. The van der Waals surface area contributed by atoms with Crippen molar-refractivity contribution in [1.29, 1.82) is 0 Å². The molecule has 0 N–H and O–H groups in total. The van der Waals surface area contributed by atoms with Crippen LogP contribution in [0.2, 0.25) is 0 Å². The molecule has 0 fully saturated rings. The molecule has 1 aromatic carbocycles. The highest BCUT2D eigenvalue weighted by atomic mass is 79.9. The Bertz CT molecular complexity index is 341. The highest BCUT2D eigenvalue weighted by molar-refractivity contribution is 9.10. The van der Waals surface area contributed by atoms with E-state index in [-0.39, 0.29) is 0 Å². The first-order valence-electron chi connectivity index (χ1n) is 4.45. The van der Waals surface area contributed by atoms with E-state index in [1.54, 1.807) is 0 Å². The maximum Gasteiger partial charge on any atom is 0.175 e. The number of ether oxygens (including phenoxy) is 2. The van der Waals surface area contributed by atoms with E-state index in [1.807, 2.05) is 12.1 Å². The second-order valence-corrected chi connectivity index (χ2v) is 4.27. The Morgan fingerprint density at radius 1 is 1.29 bits per heavy atom. The summed E-state index contributed by atoms with van der Waals surface area (Å²) in [7, 11) is 0. The molecule has 2 rings (SSSR count). The fourth-order valence-corrected chi connectivity index (χ4v) is 2.24. The van der Waals surface area contributed by atoms with Gasteiger partial charge in [-0.2, -0.15) is 0 Å². The van der Waals surface area contributed by atoms with Crippen LogP contribution in [0.4, 0.5) is 0 Å². The quantitative estimate of drug-likeness (QED) is 0.774. The summed E-state index contributed by atoms with van der Waals surface area (Å²) >= 11 is 9.14. The minimum Gasteiger partial charge on any atom is -0.486 e. The van der Waals surface area contributed by atoms with Crippen molar-refractivity contribution < 1.29 is 9.47 Å². The normalized spacial score (nSPS) is 14.1. The van der Waals surface area contributed by atoms with Gasteiger partial charge in [-0.05, 0) is 40.0 Å². The number of hydrogen-bond donors (Lipinski definition) is 0. The van der Waals surface area contributed by atoms with Crippen LogP contribution in [0, 0.1) is 0 Å². The van der Waals surface area contributed by atoms with Gasteiger partial charge < -0.3 is 9.47 Å². The van der Waals surface area contributed by atoms with Crippen molar-refractivity contribution in [2.24, 2.45) is 0 Å². The van der Waals surface area contributed by atoms with Gasteiger partial charge in [0, 0.05) is 5.88 Å². The molecule has 1 aromatic rings. The fraction of sp³-hybridized carbons (Fsp3) is 0.400. The Labute approximate surface area is 96.3 Å². The third-order valence-corrected chi connectivity index (χ3v) is 2.82. The van der Waals surface area contributed by atoms with Crippen LogP contribution in [0.1, 0.15) is 5.56 Å². The summed E-state index contributed by atoms with van der Waals surface area (Å²) in [5.41, 5.74) is 1.16. The average Bonchev–Trinajstić information content (AvgIpc) is 2.18. The predicted octanol–water partition coefficient (Wildman–Crippen LogP) is 3.00. The van der Waals surface area contributed by atoms with Crippen molar-refractivity contribution in [2.75, 3.05) is 19.1 Å². The first kappa shape index (κ1) is 10.1. The van der Waals surface area contributed by atoms with Crippen LogP contribution in [-0.4, -0.2) is 19.1 Å². The number of hydrogen-bond acceptors (Lipinski definition) is 2. The summed E-state index contributed by atoms with van der Waals surface area (Å²) in [5, 5.41) is 0. The molecule has 0 spiro atoms. The van der Waals surface area contributed by atoms with Gasteiger partial charge in [-0.15, -0.1) is 11.6 Å². The van der Waals surface area contributed by atoms with Gasteiger partial charge in [-0.1, -0.05) is 0 Å². The molecule has 2 nitrogen and oxygen atoms in total. The zero-order chi connectivity index (χ0) is 9.97. The van der Waals surface area contributed by atoms with Crippen molar-refractivity contribution in [1.82, 2.24) is 0 Å². The lowest BCUT2D eigenvalue weighted by atomic mass is 10.1. The second-order valence-electron chi connectivity index (χ2n) is 3.04. The highest BCUT2D eigenvalue weighted by Crippen LogP contribution is 2.38. The lowest BCUT2D eigenvalue weighted by Gasteiger charge is -2.20. The summed E-state index contributed by atoms with van der Waals surface area (Å²) in [6.45, 7) is 1.23. The van der Waals surface area contributed by atoms with E-state index in [0.29, 0.717) is 19.1 Å². The number of aryl methyl sites for hydroxylation is 1. The van der Waals surface area contributed by atoms with Crippen molar-refractivity contribution in [3.8, 4) is 11.5 Å². The summed E-state index contributed by atoms with van der Waals surface area (Å²) in [6, 6.07) is 4.01. The zero-order valence-corrected chi connectivity index (χ0v) is 9.90. The van der Waals surface area contributed by atoms with Crippen LogP contribution in [0.5, 0.6) is 11.5 Å². The molecule has 1 heterocycles. The smallest absolute Gasteiger partial charge is 0.175 e. The number of benzene rings is 1. The second kappa shape index (κ2) is 4.41. The van der Waals surface area contributed by atoms with Crippen LogP contribution in [0.3, 0.4) is 0 Å². The van der Waals surface area contributed by atoms with Gasteiger partial charge in [-0.3, -0.25) is 0 Å². The van der Waals surface area contributed by atoms with E-state index in [9.17, 15) is 0 Å². The third kappa shape index (κ3) is 1.98. The van der Waals surface area contributed by atoms with Crippen molar-refractivity contribution >= 4 is 27.5 Å². The van der Waals surface area contributed by atoms with Crippen LogP contribution in [-0.2, 0) is 6.42 Å². The zero-order valence-electron chi connectivity index (χ0n) is 7.56. The Balaban J connectivity index is 2.36. The Morgan fingerprint density at radius 3 is 2.86 bits per heavy atom. The lowest BCUT2D eigenvalue weighted by molar-refractivity contribution is 0.170. The van der Waals surface area contributed by atoms with E-state index < -0.39 is 0 Å². The molecule has 1 aliphatic rings. The molecule has 14 heavy (non-hydrogen) atoms. The summed E-state index contributed by atoms with van der Waals surface area (Å²) in [5.74, 6) is 2.23. The van der Waals surface area contributed by atoms with Crippen LogP contribution in [0.15, 0.2) is 16.6 Å². The number of alkyl halides is 1. The van der Waals surface area contributed by atoms with Gasteiger partial charge >= 0.3 is 0 Å². The Hall–Kier alpha value is -0.410. The molecule has 0 aliphatic carbocycles. The average molecular weight is 278 g/mol. The maximum absolute atomic E-state index is 5.68. The molecule has 1 aliphatic heterocycles. The van der Waals surface area contributed by atoms with Crippen LogP contribution < -0.4 is 9.47 Å². The fourth-order valence-electron chi connectivity index (χ4n) is 1.42. The topological polar surface area (TPSA) is 18.5 Å². The van der Waals surface area contributed by atoms with Gasteiger partial charge in [0.15, 0.2) is 11.5 Å². The molecule has 0 saturated heterocycles. The lowest BCUT2D eigenvalue weighted by Crippen LogP contribution is -2.15. The number of rotatable bonds is 2. The third-order valence-electron chi connectivity index (χ3n) is 2.04. The van der Waals surface area contributed by atoms with Crippen molar-refractivity contribution in [2.45, 2.75) is 6.42 Å². The summed E-state index contributed by atoms with van der Waals surface area (Å²) in [4.78, 5) is 0. The van der Waals surface area contributed by atoms with Crippen molar-refractivity contribution in [3.63, 3.8) is 0 Å². The largest absolute Gasteiger partial charge is 0.486 e. The van der Waals surface area contributed by atoms with Crippen LogP contribution in [0.25, 0.3) is 0 Å². The Morgan fingerprint density at radius 2 is 2.07 bits per heavy atom. The summed E-state index contributed by atoms with van der Waals surface area (Å²) in [6.07, 6.45) is 0.844. The molecule has 0 radical (unpaired) electrons. The molecule has 4 heteroatoms. The maximum atomic E-state index is 5.68. The van der Waals surface area contributed by atoms with Crippen LogP contribution >= 0.6 is 27.5 Å². The first-order valence-corrected chi connectivity index (χ1v) is 5.78. The van der Waals surface area contributed by atoms with Crippen molar-refractivity contribution in [3.05, 3.63) is 22.2 Å². The van der Waals surface area contributed by atoms with E-state index >= 15 is 0 Å². The SMILES string of the molecule is ClCCc1cc(Br)c2c(c1)OCCO2. The van der Waals surface area contributed by atoms with E-state index in [1.165, 1.54) is 0 Å². The van der Waals surface area contributed by atoms with Gasteiger partial charge in [0.1, 0.15) is 13.2 Å². The van der Waals surface area contributed by atoms with E-state index in [4.69, 9.17) is 21.1 Å².